The summed E-state index contributed by atoms with van der Waals surface area (Å²) in [6.07, 6.45) is 3.01. The molecule has 0 bridgehead atoms. The van der Waals surface area contributed by atoms with Crippen LogP contribution in [0.1, 0.15) is 24.3 Å². The molecule has 0 unspecified atom stereocenters. The Morgan fingerprint density at radius 1 is 1.17 bits per heavy atom. The average molecular weight is 342 g/mol. The van der Waals surface area contributed by atoms with E-state index >= 15 is 0 Å². The smallest absolute Gasteiger partial charge is 0.162 e. The summed E-state index contributed by atoms with van der Waals surface area (Å²) in [5.41, 5.74) is 2.33. The van der Waals surface area contributed by atoms with Gasteiger partial charge >= 0.3 is 0 Å². The number of thioether (sulfide) groups is 1. The number of hydrogen-bond acceptors (Lipinski definition) is 5. The van der Waals surface area contributed by atoms with E-state index in [9.17, 15) is 0 Å². The van der Waals surface area contributed by atoms with Crippen LogP contribution < -0.4 is 0 Å². The number of benzene rings is 1. The van der Waals surface area contributed by atoms with Crippen LogP contribution in [0, 0.1) is 0 Å². The Morgan fingerprint density at radius 3 is 2.70 bits per heavy atom. The summed E-state index contributed by atoms with van der Waals surface area (Å²) in [4.78, 5) is 12.1. The van der Waals surface area contributed by atoms with Crippen LogP contribution >= 0.6 is 23.1 Å². The normalized spacial score (nSPS) is 16.5. The lowest BCUT2D eigenvalue weighted by Crippen LogP contribution is -2.31. The minimum atomic E-state index is -0.116. The fraction of sp³-hybridized carbons (Fsp3) is 0.333. The second-order valence-electron chi connectivity index (χ2n) is 6.33. The van der Waals surface area contributed by atoms with Gasteiger partial charge in [-0.2, -0.15) is 0 Å². The number of nitrogens with zero attached hydrogens (tertiary/aromatic N) is 2. The van der Waals surface area contributed by atoms with Gasteiger partial charge in [0.15, 0.2) is 5.82 Å². The molecule has 0 atom stereocenters. The van der Waals surface area contributed by atoms with Gasteiger partial charge in [-0.05, 0) is 25.7 Å². The van der Waals surface area contributed by atoms with E-state index in [0.717, 1.165) is 27.7 Å². The first-order chi connectivity index (χ1) is 11.1. The van der Waals surface area contributed by atoms with Crippen LogP contribution in [0.5, 0.6) is 0 Å². The summed E-state index contributed by atoms with van der Waals surface area (Å²) < 4.78 is 5.97. The van der Waals surface area contributed by atoms with Gasteiger partial charge in [0.1, 0.15) is 9.86 Å². The molecule has 0 fully saturated rings. The van der Waals surface area contributed by atoms with Gasteiger partial charge < -0.3 is 4.74 Å². The molecular formula is C18H18N2OS2. The molecule has 1 aliphatic rings. The Bertz CT molecular complexity index is 872. The lowest BCUT2D eigenvalue weighted by molar-refractivity contribution is -0.0379. The number of hydrogen-bond donors (Lipinski definition) is 0. The first kappa shape index (κ1) is 15.1. The number of fused-ring (bicyclic) bond motifs is 3. The molecule has 0 spiro atoms. The minimum Gasteiger partial charge on any atom is -0.370 e. The lowest BCUT2D eigenvalue weighted by Gasteiger charge is -2.30. The molecule has 0 N–H and O–H groups in total. The van der Waals surface area contributed by atoms with E-state index in [1.54, 1.807) is 23.1 Å². The van der Waals surface area contributed by atoms with Crippen LogP contribution in [0.25, 0.3) is 21.6 Å². The quantitative estimate of drug-likeness (QED) is 0.488. The standard InChI is InChI=1S/C18H18N2OS2/c1-18(2)9-12-13(10-21-18)23-17-14(12)16(22-3)19-15(20-17)11-7-5-4-6-8-11/h4-8H,9-10H2,1-3H3. The van der Waals surface area contributed by atoms with Crippen LogP contribution in [0.15, 0.2) is 35.4 Å². The van der Waals surface area contributed by atoms with Crippen LogP contribution in [0.2, 0.25) is 0 Å². The van der Waals surface area contributed by atoms with Gasteiger partial charge in [0.05, 0.1) is 12.2 Å². The molecule has 1 aromatic carbocycles. The Hall–Kier alpha value is -1.43. The van der Waals surface area contributed by atoms with Gasteiger partial charge in [-0.25, -0.2) is 9.97 Å². The van der Waals surface area contributed by atoms with Crippen molar-refractivity contribution in [3.63, 3.8) is 0 Å². The van der Waals surface area contributed by atoms with E-state index < -0.39 is 0 Å². The summed E-state index contributed by atoms with van der Waals surface area (Å²) in [5.74, 6) is 0.807. The number of ether oxygens (including phenoxy) is 1. The third-order valence-electron chi connectivity index (χ3n) is 4.12. The molecule has 0 saturated carbocycles. The minimum absolute atomic E-state index is 0.116. The third-order valence-corrected chi connectivity index (χ3v) is 5.90. The second-order valence-corrected chi connectivity index (χ2v) is 8.21. The lowest BCUT2D eigenvalue weighted by atomic mass is 9.94. The van der Waals surface area contributed by atoms with Gasteiger partial charge in [-0.1, -0.05) is 30.3 Å². The summed E-state index contributed by atoms with van der Waals surface area (Å²) in [5, 5.41) is 2.30. The Kier molecular flexibility index (Phi) is 3.67. The van der Waals surface area contributed by atoms with Crippen LogP contribution in [-0.4, -0.2) is 21.8 Å². The van der Waals surface area contributed by atoms with Crippen molar-refractivity contribution in [2.75, 3.05) is 6.26 Å². The molecule has 3 heterocycles. The Labute approximate surface area is 144 Å². The van der Waals surface area contributed by atoms with Crippen molar-refractivity contribution in [1.29, 1.82) is 0 Å². The molecular weight excluding hydrogens is 324 g/mol. The molecule has 3 aromatic rings. The maximum atomic E-state index is 5.97. The molecule has 0 amide bonds. The second kappa shape index (κ2) is 5.58. The average Bonchev–Trinajstić information content (AvgIpc) is 2.91. The zero-order chi connectivity index (χ0) is 16.0. The zero-order valence-corrected chi connectivity index (χ0v) is 15.1. The summed E-state index contributed by atoms with van der Waals surface area (Å²) in [6.45, 7) is 4.98. The molecule has 3 nitrogen and oxygen atoms in total. The largest absolute Gasteiger partial charge is 0.370 e. The van der Waals surface area contributed by atoms with Gasteiger partial charge in [-0.15, -0.1) is 23.1 Å². The Morgan fingerprint density at radius 2 is 1.96 bits per heavy atom. The van der Waals surface area contributed by atoms with E-state index in [1.807, 2.05) is 18.2 Å². The topological polar surface area (TPSA) is 35.0 Å². The van der Waals surface area contributed by atoms with Crippen LogP contribution in [0.3, 0.4) is 0 Å². The maximum absolute atomic E-state index is 5.97. The predicted octanol–water partition coefficient (Wildman–Crippen LogP) is 4.93. The van der Waals surface area contributed by atoms with Gasteiger partial charge in [0.2, 0.25) is 0 Å². The van der Waals surface area contributed by atoms with Crippen molar-refractivity contribution in [1.82, 2.24) is 9.97 Å². The highest BCUT2D eigenvalue weighted by atomic mass is 32.2. The fourth-order valence-corrected chi connectivity index (χ4v) is 4.74. The summed E-state index contributed by atoms with van der Waals surface area (Å²) in [7, 11) is 0. The molecule has 23 heavy (non-hydrogen) atoms. The summed E-state index contributed by atoms with van der Waals surface area (Å²) >= 11 is 3.45. The maximum Gasteiger partial charge on any atom is 0.162 e. The van der Waals surface area contributed by atoms with E-state index in [1.165, 1.54) is 15.8 Å². The molecule has 5 heteroatoms. The molecule has 0 radical (unpaired) electrons. The van der Waals surface area contributed by atoms with Crippen LogP contribution in [0.4, 0.5) is 0 Å². The van der Waals surface area contributed by atoms with Crippen molar-refractivity contribution in [2.45, 2.75) is 37.5 Å². The van der Waals surface area contributed by atoms with Crippen molar-refractivity contribution in [3.05, 3.63) is 40.8 Å². The number of aromatic nitrogens is 2. The van der Waals surface area contributed by atoms with Gasteiger partial charge in [0.25, 0.3) is 0 Å². The highest BCUT2D eigenvalue weighted by Crippen LogP contribution is 2.41. The van der Waals surface area contributed by atoms with Crippen molar-refractivity contribution in [2.24, 2.45) is 0 Å². The van der Waals surface area contributed by atoms with Gasteiger partial charge in [0, 0.05) is 22.2 Å². The number of rotatable bonds is 2. The van der Waals surface area contributed by atoms with Gasteiger partial charge in [-0.3, -0.25) is 0 Å². The van der Waals surface area contributed by atoms with E-state index in [4.69, 9.17) is 14.7 Å². The molecule has 0 aliphatic carbocycles. The van der Waals surface area contributed by atoms with Crippen LogP contribution in [-0.2, 0) is 17.8 Å². The molecule has 2 aromatic heterocycles. The third kappa shape index (κ3) is 2.67. The highest BCUT2D eigenvalue weighted by molar-refractivity contribution is 7.98. The predicted molar refractivity (Wildman–Crippen MR) is 97.2 cm³/mol. The zero-order valence-electron chi connectivity index (χ0n) is 13.4. The molecule has 0 saturated heterocycles. The SMILES string of the molecule is CSc1nc(-c2ccccc2)nc2sc3c(c12)CC(C)(C)OC3. The highest BCUT2D eigenvalue weighted by Gasteiger charge is 2.30. The van der Waals surface area contributed by atoms with Crippen molar-refractivity contribution < 1.29 is 4.74 Å². The monoisotopic (exact) mass is 342 g/mol. The first-order valence-electron chi connectivity index (χ1n) is 7.63. The first-order valence-corrected chi connectivity index (χ1v) is 9.67. The summed E-state index contributed by atoms with van der Waals surface area (Å²) in [6, 6.07) is 10.2. The van der Waals surface area contributed by atoms with E-state index in [0.29, 0.717) is 6.61 Å². The Balaban J connectivity index is 1.93. The molecule has 4 rings (SSSR count). The fourth-order valence-electron chi connectivity index (χ4n) is 2.98. The molecule has 118 valence electrons. The van der Waals surface area contributed by atoms with E-state index in [-0.39, 0.29) is 5.60 Å². The van der Waals surface area contributed by atoms with Crippen molar-refractivity contribution >= 4 is 33.3 Å². The molecule has 1 aliphatic heterocycles. The number of thiophene rings is 1. The van der Waals surface area contributed by atoms with E-state index in [2.05, 4.69) is 32.2 Å². The van der Waals surface area contributed by atoms with Crippen molar-refractivity contribution in [3.8, 4) is 11.4 Å².